The minimum absolute atomic E-state index is 0.179. The molecule has 0 radical (unpaired) electrons. The minimum Gasteiger partial charge on any atom is -0.480 e. The maximum Gasteiger partial charge on any atom is 0.411 e. The molecule has 1 amide bonds. The summed E-state index contributed by atoms with van der Waals surface area (Å²) >= 11 is 0. The van der Waals surface area contributed by atoms with Crippen LogP contribution in [0, 0.1) is 0 Å². The summed E-state index contributed by atoms with van der Waals surface area (Å²) in [7, 11) is 0. The van der Waals surface area contributed by atoms with Crippen molar-refractivity contribution in [3.05, 3.63) is 35.9 Å². The van der Waals surface area contributed by atoms with E-state index in [2.05, 4.69) is 0 Å². The Kier molecular flexibility index (Phi) is 3.57. The quantitative estimate of drug-likeness (QED) is 0.929. The molecule has 1 N–H and O–H groups in total. The van der Waals surface area contributed by atoms with Crippen molar-refractivity contribution in [3.63, 3.8) is 0 Å². The number of likely N-dealkylation sites (tertiary alicyclic amines) is 1. The Morgan fingerprint density at radius 1 is 1.24 bits per heavy atom. The Morgan fingerprint density at radius 2 is 1.95 bits per heavy atom. The van der Waals surface area contributed by atoms with E-state index in [1.807, 2.05) is 30.3 Å². The highest BCUT2D eigenvalue weighted by Gasteiger charge is 2.55. The number of benzene rings is 1. The molecule has 1 aromatic carbocycles. The van der Waals surface area contributed by atoms with Crippen molar-refractivity contribution in [1.82, 2.24) is 4.90 Å². The zero-order chi connectivity index (χ0) is 14.9. The van der Waals surface area contributed by atoms with Gasteiger partial charge in [0.25, 0.3) is 0 Å². The molecule has 1 atom stereocenters. The normalized spacial score (nSPS) is 22.9. The summed E-state index contributed by atoms with van der Waals surface area (Å²) in [6.45, 7) is 0.179. The fourth-order valence-corrected chi connectivity index (χ4v) is 3.40. The van der Waals surface area contributed by atoms with Gasteiger partial charge in [-0.05, 0) is 37.7 Å². The third kappa shape index (κ3) is 2.48. The van der Waals surface area contributed by atoms with Crippen LogP contribution >= 0.6 is 0 Å². The molecule has 112 valence electrons. The second-order valence-electron chi connectivity index (χ2n) is 5.88. The third-order valence-corrected chi connectivity index (χ3v) is 4.68. The molecule has 0 aromatic heterocycles. The van der Waals surface area contributed by atoms with Crippen molar-refractivity contribution < 1.29 is 19.4 Å². The average molecular weight is 289 g/mol. The van der Waals surface area contributed by atoms with Gasteiger partial charge in [-0.2, -0.15) is 0 Å². The molecule has 5 nitrogen and oxygen atoms in total. The lowest BCUT2D eigenvalue weighted by molar-refractivity contribution is -0.143. The number of carboxylic acid groups (broad SMARTS) is 1. The SMILES string of the molecule is O=C(O)C1CCC2(CCC2)N1C(=O)OCc1ccccc1. The van der Waals surface area contributed by atoms with Gasteiger partial charge in [0, 0.05) is 5.54 Å². The summed E-state index contributed by atoms with van der Waals surface area (Å²) in [6, 6.07) is 8.68. The molecule has 1 aromatic rings. The average Bonchev–Trinajstić information content (AvgIpc) is 2.86. The monoisotopic (exact) mass is 289 g/mol. The lowest BCUT2D eigenvalue weighted by atomic mass is 9.75. The largest absolute Gasteiger partial charge is 0.480 e. The zero-order valence-electron chi connectivity index (χ0n) is 11.8. The van der Waals surface area contributed by atoms with Crippen LogP contribution in [0.3, 0.4) is 0 Å². The first-order valence-electron chi connectivity index (χ1n) is 7.35. The Labute approximate surface area is 123 Å². The van der Waals surface area contributed by atoms with Gasteiger partial charge in [-0.3, -0.25) is 4.90 Å². The Hall–Kier alpha value is -2.04. The van der Waals surface area contributed by atoms with E-state index in [1.165, 1.54) is 4.90 Å². The Bertz CT molecular complexity index is 538. The second-order valence-corrected chi connectivity index (χ2v) is 5.88. The summed E-state index contributed by atoms with van der Waals surface area (Å²) in [4.78, 5) is 25.2. The molecular weight excluding hydrogens is 270 g/mol. The van der Waals surface area contributed by atoms with Crippen molar-refractivity contribution in [2.45, 2.75) is 50.3 Å². The van der Waals surface area contributed by atoms with E-state index in [1.54, 1.807) is 0 Å². The molecule has 0 bridgehead atoms. The van der Waals surface area contributed by atoms with Gasteiger partial charge in [-0.15, -0.1) is 0 Å². The van der Waals surface area contributed by atoms with Crippen LogP contribution in [0.15, 0.2) is 30.3 Å². The number of carbonyl (C=O) groups excluding carboxylic acids is 1. The highest BCUT2D eigenvalue weighted by atomic mass is 16.6. The van der Waals surface area contributed by atoms with Gasteiger partial charge in [0.2, 0.25) is 0 Å². The predicted octanol–water partition coefficient (Wildman–Crippen LogP) is 2.79. The van der Waals surface area contributed by atoms with Crippen LogP contribution in [0.1, 0.15) is 37.7 Å². The third-order valence-electron chi connectivity index (χ3n) is 4.68. The fraction of sp³-hybridized carbons (Fsp3) is 0.500. The van der Waals surface area contributed by atoms with Crippen molar-refractivity contribution in [1.29, 1.82) is 0 Å². The van der Waals surface area contributed by atoms with Crippen LogP contribution < -0.4 is 0 Å². The molecule has 3 rings (SSSR count). The maximum absolute atomic E-state index is 12.4. The number of hydrogen-bond donors (Lipinski definition) is 1. The Morgan fingerprint density at radius 3 is 2.52 bits per heavy atom. The topological polar surface area (TPSA) is 66.8 Å². The minimum atomic E-state index is -0.935. The van der Waals surface area contributed by atoms with Crippen LogP contribution in [0.5, 0.6) is 0 Å². The zero-order valence-corrected chi connectivity index (χ0v) is 11.8. The molecule has 1 saturated heterocycles. The standard InChI is InChI=1S/C16H19NO4/c18-14(19)13-7-10-16(8-4-9-16)17(13)15(20)21-11-12-5-2-1-3-6-12/h1-3,5-6,13H,4,7-11H2,(H,18,19). The molecule has 1 unspecified atom stereocenters. The van der Waals surface area contributed by atoms with Crippen molar-refractivity contribution >= 4 is 12.1 Å². The van der Waals surface area contributed by atoms with E-state index in [9.17, 15) is 14.7 Å². The number of nitrogens with zero attached hydrogens (tertiary/aromatic N) is 1. The first kappa shape index (κ1) is 13.9. The summed E-state index contributed by atoms with van der Waals surface area (Å²) in [5.41, 5.74) is 0.635. The smallest absolute Gasteiger partial charge is 0.411 e. The second kappa shape index (κ2) is 5.39. The maximum atomic E-state index is 12.4. The highest BCUT2D eigenvalue weighted by Crippen LogP contribution is 2.48. The molecule has 1 spiro atoms. The van der Waals surface area contributed by atoms with Crippen LogP contribution in [-0.2, 0) is 16.1 Å². The van der Waals surface area contributed by atoms with Crippen molar-refractivity contribution in [3.8, 4) is 0 Å². The Balaban J connectivity index is 1.70. The predicted molar refractivity (Wildman–Crippen MR) is 75.7 cm³/mol. The molecule has 1 aliphatic carbocycles. The lowest BCUT2D eigenvalue weighted by Crippen LogP contribution is -2.56. The van der Waals surface area contributed by atoms with Gasteiger partial charge in [0.05, 0.1) is 0 Å². The summed E-state index contributed by atoms with van der Waals surface area (Å²) in [6.07, 6.45) is 3.62. The van der Waals surface area contributed by atoms with Crippen LogP contribution in [0.4, 0.5) is 4.79 Å². The van der Waals surface area contributed by atoms with E-state index >= 15 is 0 Å². The fourth-order valence-electron chi connectivity index (χ4n) is 3.40. The summed E-state index contributed by atoms with van der Waals surface area (Å²) < 4.78 is 5.35. The highest BCUT2D eigenvalue weighted by molar-refractivity contribution is 5.81. The molecule has 2 aliphatic rings. The molecule has 5 heteroatoms. The number of rotatable bonds is 3. The van der Waals surface area contributed by atoms with Crippen molar-refractivity contribution in [2.75, 3.05) is 0 Å². The van der Waals surface area contributed by atoms with Crippen molar-refractivity contribution in [2.24, 2.45) is 0 Å². The van der Waals surface area contributed by atoms with E-state index < -0.39 is 18.1 Å². The van der Waals surface area contributed by atoms with Crippen LogP contribution in [0.2, 0.25) is 0 Å². The molecule has 2 fully saturated rings. The van der Waals surface area contributed by atoms with E-state index in [-0.39, 0.29) is 12.1 Å². The number of carboxylic acids is 1. The number of ether oxygens (including phenoxy) is 1. The lowest BCUT2D eigenvalue weighted by Gasteiger charge is -2.46. The molecule has 1 aliphatic heterocycles. The van der Waals surface area contributed by atoms with Crippen LogP contribution in [-0.4, -0.2) is 33.6 Å². The van der Waals surface area contributed by atoms with Gasteiger partial charge in [0.15, 0.2) is 0 Å². The number of hydrogen-bond acceptors (Lipinski definition) is 3. The molecule has 21 heavy (non-hydrogen) atoms. The number of aliphatic carboxylic acids is 1. The van der Waals surface area contributed by atoms with Gasteiger partial charge in [-0.25, -0.2) is 9.59 Å². The van der Waals surface area contributed by atoms with Gasteiger partial charge < -0.3 is 9.84 Å². The van der Waals surface area contributed by atoms with Gasteiger partial charge in [0.1, 0.15) is 12.6 Å². The molecule has 1 saturated carbocycles. The van der Waals surface area contributed by atoms with E-state index in [4.69, 9.17) is 4.74 Å². The molecular formula is C16H19NO4. The number of amides is 1. The van der Waals surface area contributed by atoms with E-state index in [0.717, 1.165) is 31.2 Å². The van der Waals surface area contributed by atoms with E-state index in [0.29, 0.717) is 6.42 Å². The summed E-state index contributed by atoms with van der Waals surface area (Å²) in [5.74, 6) is -0.935. The first-order valence-corrected chi connectivity index (χ1v) is 7.35. The number of carbonyl (C=O) groups is 2. The van der Waals surface area contributed by atoms with Gasteiger partial charge in [-0.1, -0.05) is 30.3 Å². The molecule has 1 heterocycles. The van der Waals surface area contributed by atoms with Gasteiger partial charge >= 0.3 is 12.1 Å². The first-order chi connectivity index (χ1) is 10.1. The summed E-state index contributed by atoms with van der Waals surface area (Å²) in [5, 5.41) is 9.32. The van der Waals surface area contributed by atoms with Crippen LogP contribution in [0.25, 0.3) is 0 Å².